The van der Waals surface area contributed by atoms with E-state index in [2.05, 4.69) is 21.2 Å². The maximum atomic E-state index is 10.7. The topological polar surface area (TPSA) is 67.8 Å². The van der Waals surface area contributed by atoms with E-state index in [1.54, 1.807) is 0 Å². The summed E-state index contributed by atoms with van der Waals surface area (Å²) in [5, 5.41) is 11.3. The first-order valence-electron chi connectivity index (χ1n) is 4.40. The molecule has 0 radical (unpaired) electrons. The van der Waals surface area contributed by atoms with Crippen molar-refractivity contribution in [1.82, 2.24) is 5.32 Å². The first-order valence-corrected chi connectivity index (χ1v) is 5.52. The zero-order valence-electron chi connectivity index (χ0n) is 8.00. The van der Waals surface area contributed by atoms with Gasteiger partial charge in [-0.25, -0.2) is 0 Å². The van der Waals surface area contributed by atoms with Crippen molar-refractivity contribution >= 4 is 21.8 Å². The average Bonchev–Trinajstić information content (AvgIpc) is 2.21. The molecule has 0 fully saturated rings. The molecule has 0 aromatic heterocycles. The van der Waals surface area contributed by atoms with E-state index in [1.165, 1.54) is 0 Å². The molecule has 0 aliphatic heterocycles. The Kier molecular flexibility index (Phi) is 10.8. The van der Waals surface area contributed by atoms with E-state index in [4.69, 9.17) is 14.6 Å². The Balaban J connectivity index is 2.95. The van der Waals surface area contributed by atoms with Gasteiger partial charge in [0.05, 0.1) is 38.4 Å². The summed E-state index contributed by atoms with van der Waals surface area (Å²) in [4.78, 5) is 10.7. The van der Waals surface area contributed by atoms with Crippen molar-refractivity contribution in [1.29, 1.82) is 0 Å². The number of aliphatic hydroxyl groups is 1. The molecule has 0 aromatic rings. The van der Waals surface area contributed by atoms with Crippen molar-refractivity contribution in [2.45, 2.75) is 0 Å². The Bertz CT molecular complexity index is 145. The van der Waals surface area contributed by atoms with E-state index in [1.807, 2.05) is 0 Å². The molecule has 0 rings (SSSR count). The number of alkyl halides is 1. The molecule has 0 saturated heterocycles. The molecular formula is C8H16BrNO4. The van der Waals surface area contributed by atoms with Crippen molar-refractivity contribution in [3.63, 3.8) is 0 Å². The SMILES string of the molecule is O=C(CBr)NCCOCCOCCO. The molecular weight excluding hydrogens is 254 g/mol. The fourth-order valence-electron chi connectivity index (χ4n) is 0.696. The minimum absolute atomic E-state index is 0.0291. The zero-order valence-corrected chi connectivity index (χ0v) is 9.59. The summed E-state index contributed by atoms with van der Waals surface area (Å²) in [5.41, 5.74) is 0. The van der Waals surface area contributed by atoms with E-state index in [0.29, 0.717) is 38.3 Å². The van der Waals surface area contributed by atoms with Crippen LogP contribution in [0.3, 0.4) is 0 Å². The first kappa shape index (κ1) is 13.8. The van der Waals surface area contributed by atoms with Gasteiger partial charge in [0.2, 0.25) is 5.91 Å². The van der Waals surface area contributed by atoms with Gasteiger partial charge in [0.15, 0.2) is 0 Å². The van der Waals surface area contributed by atoms with Crippen LogP contribution in [0.15, 0.2) is 0 Å². The molecule has 0 unspecified atom stereocenters. The highest BCUT2D eigenvalue weighted by Gasteiger charge is 1.95. The van der Waals surface area contributed by atoms with E-state index in [9.17, 15) is 4.79 Å². The summed E-state index contributed by atoms with van der Waals surface area (Å²) < 4.78 is 10.1. The predicted molar refractivity (Wildman–Crippen MR) is 55.5 cm³/mol. The normalized spacial score (nSPS) is 10.1. The minimum atomic E-state index is -0.0508. The summed E-state index contributed by atoms with van der Waals surface area (Å²) in [6, 6.07) is 0. The van der Waals surface area contributed by atoms with Crippen molar-refractivity contribution in [3.05, 3.63) is 0 Å². The Morgan fingerprint density at radius 2 is 1.86 bits per heavy atom. The van der Waals surface area contributed by atoms with Crippen LogP contribution >= 0.6 is 15.9 Å². The smallest absolute Gasteiger partial charge is 0.230 e. The number of ether oxygens (including phenoxy) is 2. The second kappa shape index (κ2) is 10.9. The van der Waals surface area contributed by atoms with Gasteiger partial charge in [-0.05, 0) is 0 Å². The molecule has 0 spiro atoms. The van der Waals surface area contributed by atoms with Crippen LogP contribution in [0.1, 0.15) is 0 Å². The predicted octanol–water partition coefficient (Wildman–Crippen LogP) is -0.477. The Hall–Kier alpha value is -0.170. The van der Waals surface area contributed by atoms with Gasteiger partial charge in [-0.1, -0.05) is 15.9 Å². The number of carbonyl (C=O) groups excluding carboxylic acids is 1. The molecule has 2 N–H and O–H groups in total. The van der Waals surface area contributed by atoms with Crippen LogP contribution in [0, 0.1) is 0 Å². The van der Waals surface area contributed by atoms with Crippen LogP contribution in [-0.2, 0) is 14.3 Å². The summed E-state index contributed by atoms with van der Waals surface area (Å²) >= 11 is 3.03. The van der Waals surface area contributed by atoms with E-state index in [-0.39, 0.29) is 12.5 Å². The molecule has 0 bridgehead atoms. The summed E-state index contributed by atoms with van der Waals surface area (Å²) in [6.45, 7) is 2.29. The quantitative estimate of drug-likeness (QED) is 0.439. The van der Waals surface area contributed by atoms with Gasteiger partial charge >= 0.3 is 0 Å². The van der Waals surface area contributed by atoms with Crippen molar-refractivity contribution < 1.29 is 19.4 Å². The third kappa shape index (κ3) is 9.91. The van der Waals surface area contributed by atoms with Gasteiger partial charge in [-0.2, -0.15) is 0 Å². The number of rotatable bonds is 9. The van der Waals surface area contributed by atoms with Gasteiger partial charge in [-0.3, -0.25) is 4.79 Å². The zero-order chi connectivity index (χ0) is 10.6. The van der Waals surface area contributed by atoms with Gasteiger partial charge in [0.25, 0.3) is 0 Å². The Morgan fingerprint density at radius 1 is 1.21 bits per heavy atom. The van der Waals surface area contributed by atoms with Crippen molar-refractivity contribution in [2.24, 2.45) is 0 Å². The molecule has 0 aliphatic rings. The third-order valence-corrected chi connectivity index (χ3v) is 1.81. The number of nitrogens with one attached hydrogen (secondary N) is 1. The number of halogens is 1. The average molecular weight is 270 g/mol. The summed E-state index contributed by atoms with van der Waals surface area (Å²) in [7, 11) is 0. The first-order chi connectivity index (χ1) is 6.81. The lowest BCUT2D eigenvalue weighted by atomic mass is 10.6. The minimum Gasteiger partial charge on any atom is -0.394 e. The lowest BCUT2D eigenvalue weighted by molar-refractivity contribution is -0.118. The lowest BCUT2D eigenvalue weighted by Gasteiger charge is -2.05. The van der Waals surface area contributed by atoms with Crippen LogP contribution in [0.25, 0.3) is 0 Å². The maximum absolute atomic E-state index is 10.7. The van der Waals surface area contributed by atoms with Crippen LogP contribution in [0.5, 0.6) is 0 Å². The fraction of sp³-hybridized carbons (Fsp3) is 0.875. The molecule has 0 aromatic carbocycles. The standard InChI is InChI=1S/C8H16BrNO4/c9-7-8(12)10-1-3-13-5-6-14-4-2-11/h11H,1-7H2,(H,10,12). The van der Waals surface area contributed by atoms with Gasteiger partial charge in [0, 0.05) is 6.54 Å². The second-order valence-electron chi connectivity index (χ2n) is 2.43. The van der Waals surface area contributed by atoms with Crippen LogP contribution in [0.2, 0.25) is 0 Å². The monoisotopic (exact) mass is 269 g/mol. The molecule has 0 saturated carbocycles. The lowest BCUT2D eigenvalue weighted by Crippen LogP contribution is -2.28. The van der Waals surface area contributed by atoms with Gasteiger partial charge in [0.1, 0.15) is 0 Å². The molecule has 14 heavy (non-hydrogen) atoms. The second-order valence-corrected chi connectivity index (χ2v) is 2.99. The van der Waals surface area contributed by atoms with Gasteiger partial charge in [-0.15, -0.1) is 0 Å². The Labute approximate surface area is 91.9 Å². The number of carbonyl (C=O) groups is 1. The van der Waals surface area contributed by atoms with E-state index < -0.39 is 0 Å². The number of amides is 1. The van der Waals surface area contributed by atoms with Crippen molar-refractivity contribution in [2.75, 3.05) is 44.9 Å². The third-order valence-electron chi connectivity index (χ3n) is 1.30. The van der Waals surface area contributed by atoms with Crippen LogP contribution in [0.4, 0.5) is 0 Å². The molecule has 84 valence electrons. The van der Waals surface area contributed by atoms with E-state index in [0.717, 1.165) is 0 Å². The van der Waals surface area contributed by atoms with E-state index >= 15 is 0 Å². The van der Waals surface area contributed by atoms with Gasteiger partial charge < -0.3 is 19.9 Å². The van der Waals surface area contributed by atoms with Crippen LogP contribution < -0.4 is 5.32 Å². The summed E-state index contributed by atoms with van der Waals surface area (Å²) in [6.07, 6.45) is 0. The number of hydrogen-bond acceptors (Lipinski definition) is 4. The molecule has 1 amide bonds. The molecule has 0 atom stereocenters. The maximum Gasteiger partial charge on any atom is 0.230 e. The Morgan fingerprint density at radius 3 is 2.43 bits per heavy atom. The highest BCUT2D eigenvalue weighted by molar-refractivity contribution is 9.09. The summed E-state index contributed by atoms with van der Waals surface area (Å²) in [5.74, 6) is -0.0508. The number of aliphatic hydroxyl groups excluding tert-OH is 1. The molecule has 0 aliphatic carbocycles. The fourth-order valence-corrected chi connectivity index (χ4v) is 0.895. The molecule has 6 heteroatoms. The molecule has 5 nitrogen and oxygen atoms in total. The largest absolute Gasteiger partial charge is 0.394 e. The highest BCUT2D eigenvalue weighted by atomic mass is 79.9. The van der Waals surface area contributed by atoms with Crippen molar-refractivity contribution in [3.8, 4) is 0 Å². The van der Waals surface area contributed by atoms with Crippen LogP contribution in [-0.4, -0.2) is 55.9 Å². The number of hydrogen-bond donors (Lipinski definition) is 2. The highest BCUT2D eigenvalue weighted by Crippen LogP contribution is 1.80. The molecule has 0 heterocycles.